The molecule has 1 nitrogen and oxygen atoms in total. The fourth-order valence-electron chi connectivity index (χ4n) is 2.23. The standard InChI is InChI=1S/C13H14Cl2O/c1-9-2-7-12(16)13(9,15)8-10-3-5-11(14)6-4-10/h3-6,9H,2,7-8H2,1H3. The normalized spacial score (nSPS) is 29.7. The third-order valence-electron chi connectivity index (χ3n) is 3.42. The first-order valence-electron chi connectivity index (χ1n) is 5.49. The summed E-state index contributed by atoms with van der Waals surface area (Å²) >= 11 is 12.3. The molecular weight excluding hydrogens is 243 g/mol. The SMILES string of the molecule is CC1CCC(=O)C1(Cl)Cc1ccc(Cl)cc1. The van der Waals surface area contributed by atoms with Gasteiger partial charge in [-0.15, -0.1) is 11.6 Å². The van der Waals surface area contributed by atoms with Crippen LogP contribution in [0.3, 0.4) is 0 Å². The molecule has 1 aliphatic rings. The largest absolute Gasteiger partial charge is 0.298 e. The zero-order valence-corrected chi connectivity index (χ0v) is 10.7. The molecule has 0 saturated heterocycles. The fraction of sp³-hybridized carbons (Fsp3) is 0.462. The van der Waals surface area contributed by atoms with Crippen LogP contribution < -0.4 is 0 Å². The molecule has 0 aliphatic heterocycles. The number of rotatable bonds is 2. The number of ketones is 1. The maximum atomic E-state index is 11.8. The minimum absolute atomic E-state index is 0.177. The lowest BCUT2D eigenvalue weighted by molar-refractivity contribution is -0.120. The number of alkyl halides is 1. The van der Waals surface area contributed by atoms with Gasteiger partial charge in [-0.05, 0) is 36.5 Å². The van der Waals surface area contributed by atoms with Crippen LogP contribution in [0.4, 0.5) is 0 Å². The van der Waals surface area contributed by atoms with Crippen molar-refractivity contribution in [1.29, 1.82) is 0 Å². The first kappa shape index (κ1) is 11.9. The van der Waals surface area contributed by atoms with Crippen molar-refractivity contribution >= 4 is 29.0 Å². The first-order chi connectivity index (χ1) is 7.52. The Bertz CT molecular complexity index is 399. The zero-order chi connectivity index (χ0) is 11.8. The molecule has 1 saturated carbocycles. The zero-order valence-electron chi connectivity index (χ0n) is 9.17. The molecule has 0 spiro atoms. The van der Waals surface area contributed by atoms with Crippen LogP contribution in [-0.4, -0.2) is 10.7 Å². The Morgan fingerprint density at radius 1 is 1.38 bits per heavy atom. The Hall–Kier alpha value is -0.530. The van der Waals surface area contributed by atoms with Gasteiger partial charge in [0.15, 0.2) is 5.78 Å². The van der Waals surface area contributed by atoms with E-state index in [1.54, 1.807) is 0 Å². The van der Waals surface area contributed by atoms with Crippen molar-refractivity contribution in [2.24, 2.45) is 5.92 Å². The Morgan fingerprint density at radius 2 is 2.00 bits per heavy atom. The third kappa shape index (κ3) is 2.11. The Kier molecular flexibility index (Phi) is 3.27. The summed E-state index contributed by atoms with van der Waals surface area (Å²) in [6, 6.07) is 7.54. The molecule has 1 aromatic rings. The number of Topliss-reactive ketones (excluding diaryl/α,β-unsaturated/α-hetero) is 1. The quantitative estimate of drug-likeness (QED) is 0.735. The van der Waals surface area contributed by atoms with E-state index in [9.17, 15) is 4.79 Å². The lowest BCUT2D eigenvalue weighted by Gasteiger charge is -2.24. The average molecular weight is 257 g/mol. The summed E-state index contributed by atoms with van der Waals surface area (Å²) in [6.07, 6.45) is 2.11. The lowest BCUT2D eigenvalue weighted by atomic mass is 9.89. The van der Waals surface area contributed by atoms with Crippen LogP contribution in [0, 0.1) is 5.92 Å². The Labute approximate surface area is 106 Å². The van der Waals surface area contributed by atoms with Gasteiger partial charge in [-0.2, -0.15) is 0 Å². The number of carbonyl (C=O) groups is 1. The van der Waals surface area contributed by atoms with Crippen molar-refractivity contribution < 1.29 is 4.79 Å². The van der Waals surface area contributed by atoms with Crippen molar-refractivity contribution in [3.05, 3.63) is 34.9 Å². The van der Waals surface area contributed by atoms with Gasteiger partial charge in [0.1, 0.15) is 4.87 Å². The van der Waals surface area contributed by atoms with Gasteiger partial charge < -0.3 is 0 Å². The third-order valence-corrected chi connectivity index (χ3v) is 4.39. The highest BCUT2D eigenvalue weighted by atomic mass is 35.5. The van der Waals surface area contributed by atoms with Crippen LogP contribution in [0.25, 0.3) is 0 Å². The van der Waals surface area contributed by atoms with Crippen molar-refractivity contribution in [2.75, 3.05) is 0 Å². The van der Waals surface area contributed by atoms with Gasteiger partial charge in [-0.1, -0.05) is 30.7 Å². The summed E-state index contributed by atoms with van der Waals surface area (Å²) < 4.78 is 0. The molecular formula is C13H14Cl2O. The molecule has 0 radical (unpaired) electrons. The van der Waals surface area contributed by atoms with Crippen LogP contribution in [0.1, 0.15) is 25.3 Å². The topological polar surface area (TPSA) is 17.1 Å². The molecule has 0 aromatic heterocycles. The second-order valence-electron chi connectivity index (χ2n) is 4.53. The predicted molar refractivity (Wildman–Crippen MR) is 67.1 cm³/mol. The van der Waals surface area contributed by atoms with Gasteiger partial charge in [-0.25, -0.2) is 0 Å². The van der Waals surface area contributed by atoms with E-state index in [1.807, 2.05) is 31.2 Å². The highest BCUT2D eigenvalue weighted by Crippen LogP contribution is 2.40. The maximum absolute atomic E-state index is 11.8. The van der Waals surface area contributed by atoms with E-state index in [1.165, 1.54) is 0 Å². The van der Waals surface area contributed by atoms with E-state index in [0.29, 0.717) is 17.9 Å². The molecule has 1 aliphatic carbocycles. The molecule has 86 valence electrons. The van der Waals surface area contributed by atoms with Crippen molar-refractivity contribution in [2.45, 2.75) is 31.1 Å². The highest BCUT2D eigenvalue weighted by Gasteiger charge is 2.45. The van der Waals surface area contributed by atoms with Crippen molar-refractivity contribution in [3.63, 3.8) is 0 Å². The highest BCUT2D eigenvalue weighted by molar-refractivity contribution is 6.36. The van der Waals surface area contributed by atoms with Crippen LogP contribution in [0.5, 0.6) is 0 Å². The monoisotopic (exact) mass is 256 g/mol. The molecule has 3 heteroatoms. The van der Waals surface area contributed by atoms with E-state index < -0.39 is 4.87 Å². The molecule has 2 unspecified atom stereocenters. The van der Waals surface area contributed by atoms with Gasteiger partial charge in [0.05, 0.1) is 0 Å². The van der Waals surface area contributed by atoms with Crippen molar-refractivity contribution in [3.8, 4) is 0 Å². The summed E-state index contributed by atoms with van der Waals surface area (Å²) in [7, 11) is 0. The minimum atomic E-state index is -0.701. The molecule has 16 heavy (non-hydrogen) atoms. The predicted octanol–water partition coefficient (Wildman–Crippen LogP) is 3.86. The van der Waals surface area contributed by atoms with Crippen LogP contribution >= 0.6 is 23.2 Å². The Morgan fingerprint density at radius 3 is 2.50 bits per heavy atom. The molecule has 1 fully saturated rings. The molecule has 0 N–H and O–H groups in total. The number of hydrogen-bond donors (Lipinski definition) is 0. The van der Waals surface area contributed by atoms with E-state index in [2.05, 4.69) is 0 Å². The van der Waals surface area contributed by atoms with Gasteiger partial charge in [-0.3, -0.25) is 4.79 Å². The molecule has 0 bridgehead atoms. The second-order valence-corrected chi connectivity index (χ2v) is 5.64. The summed E-state index contributed by atoms with van der Waals surface area (Å²) in [5.41, 5.74) is 1.07. The fourth-order valence-corrected chi connectivity index (χ4v) is 2.72. The summed E-state index contributed by atoms with van der Waals surface area (Å²) in [6.45, 7) is 2.05. The average Bonchev–Trinajstić information content (AvgIpc) is 2.50. The van der Waals surface area contributed by atoms with Crippen LogP contribution in [0.15, 0.2) is 24.3 Å². The summed E-state index contributed by atoms with van der Waals surface area (Å²) in [4.78, 5) is 11.1. The van der Waals surface area contributed by atoms with Gasteiger partial charge in [0.2, 0.25) is 0 Å². The number of hydrogen-bond acceptors (Lipinski definition) is 1. The van der Waals surface area contributed by atoms with Gasteiger partial charge in [0.25, 0.3) is 0 Å². The lowest BCUT2D eigenvalue weighted by Crippen LogP contribution is -2.35. The molecule has 1 aromatic carbocycles. The number of halogens is 2. The van der Waals surface area contributed by atoms with Crippen molar-refractivity contribution in [1.82, 2.24) is 0 Å². The summed E-state index contributed by atoms with van der Waals surface area (Å²) in [5.74, 6) is 0.425. The maximum Gasteiger partial charge on any atom is 0.154 e. The van der Waals surface area contributed by atoms with E-state index >= 15 is 0 Å². The number of carbonyl (C=O) groups excluding carboxylic acids is 1. The van der Waals surface area contributed by atoms with E-state index in [0.717, 1.165) is 12.0 Å². The van der Waals surface area contributed by atoms with Crippen LogP contribution in [0.2, 0.25) is 5.02 Å². The van der Waals surface area contributed by atoms with E-state index in [-0.39, 0.29) is 11.7 Å². The smallest absolute Gasteiger partial charge is 0.154 e. The van der Waals surface area contributed by atoms with Gasteiger partial charge in [0, 0.05) is 11.4 Å². The molecule has 0 heterocycles. The molecule has 2 rings (SSSR count). The van der Waals surface area contributed by atoms with Gasteiger partial charge >= 0.3 is 0 Å². The number of benzene rings is 1. The van der Waals surface area contributed by atoms with E-state index in [4.69, 9.17) is 23.2 Å². The summed E-state index contributed by atoms with van der Waals surface area (Å²) in [5, 5.41) is 0.707. The Balaban J connectivity index is 2.20. The first-order valence-corrected chi connectivity index (χ1v) is 6.24. The second kappa shape index (κ2) is 4.38. The minimum Gasteiger partial charge on any atom is -0.298 e. The molecule has 2 atom stereocenters. The molecule has 0 amide bonds. The van der Waals surface area contributed by atoms with Crippen LogP contribution in [-0.2, 0) is 11.2 Å².